The van der Waals surface area contributed by atoms with E-state index in [2.05, 4.69) is 10.3 Å². The molecule has 2 rings (SSSR count). The standard InChI is InChI=1S/C14H15ClN2O/c1-10-7-12(18-2)8-11(17-10)9-16-14-6-4-3-5-13(14)15/h3-8,16H,9H2,1-2H3. The average Bonchev–Trinajstić information content (AvgIpc) is 2.37. The maximum absolute atomic E-state index is 6.07. The lowest BCUT2D eigenvalue weighted by molar-refractivity contribution is 0.413. The first kappa shape index (κ1) is 12.7. The number of aryl methyl sites for hydroxylation is 1. The third-order valence-electron chi connectivity index (χ3n) is 2.55. The minimum absolute atomic E-state index is 0.613. The van der Waals surface area contributed by atoms with Gasteiger partial charge in [-0.15, -0.1) is 0 Å². The molecule has 0 aliphatic heterocycles. The van der Waals surface area contributed by atoms with Crippen molar-refractivity contribution < 1.29 is 4.74 Å². The second-order valence-corrected chi connectivity index (χ2v) is 4.38. The van der Waals surface area contributed by atoms with Crippen molar-refractivity contribution in [1.82, 2.24) is 4.98 Å². The molecule has 18 heavy (non-hydrogen) atoms. The minimum atomic E-state index is 0.613. The molecule has 0 saturated heterocycles. The predicted molar refractivity (Wildman–Crippen MR) is 74.3 cm³/mol. The highest BCUT2D eigenvalue weighted by molar-refractivity contribution is 6.33. The van der Waals surface area contributed by atoms with E-state index in [1.807, 2.05) is 43.3 Å². The molecule has 0 saturated carbocycles. The fraction of sp³-hybridized carbons (Fsp3) is 0.214. The van der Waals surface area contributed by atoms with Crippen LogP contribution in [-0.4, -0.2) is 12.1 Å². The number of hydrogen-bond acceptors (Lipinski definition) is 3. The second kappa shape index (κ2) is 5.74. The van der Waals surface area contributed by atoms with Crippen LogP contribution in [0.5, 0.6) is 5.75 Å². The lowest BCUT2D eigenvalue weighted by atomic mass is 10.2. The molecular weight excluding hydrogens is 248 g/mol. The summed E-state index contributed by atoms with van der Waals surface area (Å²) in [7, 11) is 1.65. The van der Waals surface area contributed by atoms with Gasteiger partial charge in [-0.1, -0.05) is 23.7 Å². The van der Waals surface area contributed by atoms with Crippen LogP contribution >= 0.6 is 11.6 Å². The van der Waals surface area contributed by atoms with Crippen LogP contribution < -0.4 is 10.1 Å². The van der Waals surface area contributed by atoms with E-state index in [0.29, 0.717) is 11.6 Å². The third-order valence-corrected chi connectivity index (χ3v) is 2.88. The molecule has 94 valence electrons. The van der Waals surface area contributed by atoms with Crippen LogP contribution in [0.15, 0.2) is 36.4 Å². The smallest absolute Gasteiger partial charge is 0.122 e. The van der Waals surface area contributed by atoms with E-state index in [9.17, 15) is 0 Å². The van der Waals surface area contributed by atoms with Gasteiger partial charge >= 0.3 is 0 Å². The van der Waals surface area contributed by atoms with E-state index in [1.54, 1.807) is 7.11 Å². The molecule has 0 fully saturated rings. The summed E-state index contributed by atoms with van der Waals surface area (Å²) in [5, 5.41) is 3.96. The van der Waals surface area contributed by atoms with Gasteiger partial charge in [0.05, 0.1) is 30.1 Å². The molecule has 1 heterocycles. The van der Waals surface area contributed by atoms with Crippen molar-refractivity contribution in [2.75, 3.05) is 12.4 Å². The van der Waals surface area contributed by atoms with E-state index < -0.39 is 0 Å². The number of para-hydroxylation sites is 1. The lowest BCUT2D eigenvalue weighted by Crippen LogP contribution is -2.03. The largest absolute Gasteiger partial charge is 0.497 e. The van der Waals surface area contributed by atoms with Crippen molar-refractivity contribution in [2.45, 2.75) is 13.5 Å². The number of halogens is 1. The second-order valence-electron chi connectivity index (χ2n) is 3.97. The Balaban J connectivity index is 2.11. The molecule has 1 aromatic carbocycles. The molecule has 1 aromatic heterocycles. The van der Waals surface area contributed by atoms with Crippen LogP contribution in [0, 0.1) is 6.92 Å². The Morgan fingerprint density at radius 2 is 2.06 bits per heavy atom. The first-order valence-electron chi connectivity index (χ1n) is 5.69. The molecule has 2 aromatic rings. The van der Waals surface area contributed by atoms with Gasteiger partial charge in [-0.05, 0) is 19.1 Å². The summed E-state index contributed by atoms with van der Waals surface area (Å²) in [5.41, 5.74) is 2.76. The lowest BCUT2D eigenvalue weighted by Gasteiger charge is -2.09. The molecule has 0 atom stereocenters. The summed E-state index contributed by atoms with van der Waals surface area (Å²) < 4.78 is 5.22. The first-order chi connectivity index (χ1) is 8.69. The summed E-state index contributed by atoms with van der Waals surface area (Å²) in [4.78, 5) is 4.44. The highest BCUT2D eigenvalue weighted by atomic mass is 35.5. The number of nitrogens with zero attached hydrogens (tertiary/aromatic N) is 1. The van der Waals surface area contributed by atoms with Crippen molar-refractivity contribution in [1.29, 1.82) is 0 Å². The van der Waals surface area contributed by atoms with Crippen LogP contribution in [0.1, 0.15) is 11.4 Å². The quantitative estimate of drug-likeness (QED) is 0.913. The molecule has 0 aliphatic carbocycles. The van der Waals surface area contributed by atoms with E-state index in [-0.39, 0.29) is 0 Å². The van der Waals surface area contributed by atoms with E-state index >= 15 is 0 Å². The highest BCUT2D eigenvalue weighted by Crippen LogP contribution is 2.21. The molecule has 0 bridgehead atoms. The van der Waals surface area contributed by atoms with Crippen LogP contribution in [-0.2, 0) is 6.54 Å². The Kier molecular flexibility index (Phi) is 4.05. The van der Waals surface area contributed by atoms with E-state index in [0.717, 1.165) is 22.8 Å². The molecule has 3 nitrogen and oxygen atoms in total. The normalized spacial score (nSPS) is 10.2. The van der Waals surface area contributed by atoms with Crippen LogP contribution in [0.3, 0.4) is 0 Å². The van der Waals surface area contributed by atoms with Gasteiger partial charge in [0.2, 0.25) is 0 Å². The highest BCUT2D eigenvalue weighted by Gasteiger charge is 2.02. The Morgan fingerprint density at radius 1 is 1.28 bits per heavy atom. The van der Waals surface area contributed by atoms with Crippen LogP contribution in [0.25, 0.3) is 0 Å². The van der Waals surface area contributed by atoms with Crippen LogP contribution in [0.2, 0.25) is 5.02 Å². The number of pyridine rings is 1. The number of benzene rings is 1. The topological polar surface area (TPSA) is 34.1 Å². The maximum atomic E-state index is 6.07. The number of ether oxygens (including phenoxy) is 1. The van der Waals surface area contributed by atoms with Crippen LogP contribution in [0.4, 0.5) is 5.69 Å². The van der Waals surface area contributed by atoms with Gasteiger partial charge < -0.3 is 10.1 Å². The summed E-state index contributed by atoms with van der Waals surface area (Å²) in [6.45, 7) is 2.56. The number of nitrogens with one attached hydrogen (secondary N) is 1. The zero-order valence-corrected chi connectivity index (χ0v) is 11.2. The molecule has 0 unspecified atom stereocenters. The molecule has 0 radical (unpaired) electrons. The number of anilines is 1. The van der Waals surface area contributed by atoms with E-state index in [4.69, 9.17) is 16.3 Å². The van der Waals surface area contributed by atoms with Gasteiger partial charge in [0.15, 0.2) is 0 Å². The number of aromatic nitrogens is 1. The van der Waals surface area contributed by atoms with Crippen molar-refractivity contribution in [2.24, 2.45) is 0 Å². The van der Waals surface area contributed by atoms with Crippen molar-refractivity contribution >= 4 is 17.3 Å². The Labute approximate surface area is 112 Å². The molecule has 0 spiro atoms. The van der Waals surface area contributed by atoms with Crippen molar-refractivity contribution in [3.8, 4) is 5.75 Å². The minimum Gasteiger partial charge on any atom is -0.497 e. The zero-order chi connectivity index (χ0) is 13.0. The fourth-order valence-electron chi connectivity index (χ4n) is 1.70. The van der Waals surface area contributed by atoms with Gasteiger partial charge in [-0.2, -0.15) is 0 Å². The van der Waals surface area contributed by atoms with Gasteiger partial charge in [0, 0.05) is 17.8 Å². The third kappa shape index (κ3) is 3.14. The Bertz CT molecular complexity index is 543. The number of rotatable bonds is 4. The van der Waals surface area contributed by atoms with Gasteiger partial charge in [-0.3, -0.25) is 4.98 Å². The summed E-state index contributed by atoms with van der Waals surface area (Å²) in [6, 6.07) is 11.5. The monoisotopic (exact) mass is 262 g/mol. The average molecular weight is 263 g/mol. The Morgan fingerprint density at radius 3 is 2.78 bits per heavy atom. The summed E-state index contributed by atoms with van der Waals surface area (Å²) in [6.07, 6.45) is 0. The van der Waals surface area contributed by atoms with Gasteiger partial charge in [-0.25, -0.2) is 0 Å². The maximum Gasteiger partial charge on any atom is 0.122 e. The Hall–Kier alpha value is -1.74. The summed E-state index contributed by atoms with van der Waals surface area (Å²) in [5.74, 6) is 0.818. The molecule has 4 heteroatoms. The van der Waals surface area contributed by atoms with Crippen molar-refractivity contribution in [3.63, 3.8) is 0 Å². The predicted octanol–water partition coefficient (Wildman–Crippen LogP) is 3.66. The first-order valence-corrected chi connectivity index (χ1v) is 6.07. The number of methoxy groups -OCH3 is 1. The molecule has 0 aliphatic rings. The van der Waals surface area contributed by atoms with Gasteiger partial charge in [0.1, 0.15) is 5.75 Å². The van der Waals surface area contributed by atoms with E-state index in [1.165, 1.54) is 0 Å². The molecular formula is C14H15ClN2O. The SMILES string of the molecule is COc1cc(C)nc(CNc2ccccc2Cl)c1. The van der Waals surface area contributed by atoms with Gasteiger partial charge in [0.25, 0.3) is 0 Å². The summed E-state index contributed by atoms with van der Waals surface area (Å²) >= 11 is 6.07. The fourth-order valence-corrected chi connectivity index (χ4v) is 1.90. The molecule has 0 amide bonds. The van der Waals surface area contributed by atoms with Crippen molar-refractivity contribution in [3.05, 3.63) is 52.8 Å². The zero-order valence-electron chi connectivity index (χ0n) is 10.4. The number of hydrogen-bond donors (Lipinski definition) is 1. The molecule has 1 N–H and O–H groups in total.